The molecule has 1 aromatic carbocycles. The first-order valence-electron chi connectivity index (χ1n) is 10.2. The Balaban J connectivity index is 1.53. The highest BCUT2D eigenvalue weighted by atomic mass is 16.5. The summed E-state index contributed by atoms with van der Waals surface area (Å²) < 4.78 is 6.20. The minimum Gasteiger partial charge on any atom is -0.456 e. The van der Waals surface area contributed by atoms with Crippen molar-refractivity contribution in [2.45, 2.75) is 37.8 Å². The lowest BCUT2D eigenvalue weighted by Gasteiger charge is -2.51. The van der Waals surface area contributed by atoms with Gasteiger partial charge in [-0.05, 0) is 56.2 Å². The van der Waals surface area contributed by atoms with Crippen molar-refractivity contribution in [3.63, 3.8) is 0 Å². The third kappa shape index (κ3) is 3.06. The average Bonchev–Trinajstić information content (AvgIpc) is 3.57. The molecule has 4 nitrogen and oxygen atoms in total. The number of carbonyl (C=O) groups excluding carboxylic acids is 1. The second-order valence-electron chi connectivity index (χ2n) is 8.30. The Morgan fingerprint density at radius 3 is 2.85 bits per heavy atom. The van der Waals surface area contributed by atoms with Crippen LogP contribution in [0.15, 0.2) is 49.2 Å². The van der Waals surface area contributed by atoms with Gasteiger partial charge in [0.2, 0.25) is 0 Å². The van der Waals surface area contributed by atoms with E-state index in [9.17, 15) is 4.79 Å². The highest BCUT2D eigenvalue weighted by Crippen LogP contribution is 2.44. The van der Waals surface area contributed by atoms with Gasteiger partial charge in [0, 0.05) is 23.7 Å². The molecule has 0 spiro atoms. The van der Waals surface area contributed by atoms with E-state index in [1.54, 1.807) is 0 Å². The molecule has 6 rings (SSSR count). The van der Waals surface area contributed by atoms with Crippen LogP contribution in [0, 0.1) is 17.8 Å². The molecule has 0 amide bonds. The summed E-state index contributed by atoms with van der Waals surface area (Å²) in [5, 5.41) is 1.09. The molecule has 5 atom stereocenters. The molecule has 0 radical (unpaired) electrons. The number of pyridine rings is 1. The molecule has 140 valence electrons. The molecule has 1 aromatic heterocycles. The van der Waals surface area contributed by atoms with Gasteiger partial charge >= 0.3 is 5.97 Å². The predicted molar refractivity (Wildman–Crippen MR) is 105 cm³/mol. The fraction of sp³-hybridized carbons (Fsp3) is 0.478. The van der Waals surface area contributed by atoms with E-state index in [1.165, 1.54) is 6.42 Å². The smallest absolute Gasteiger partial charge is 0.309 e. The molecule has 3 aliphatic heterocycles. The van der Waals surface area contributed by atoms with Crippen LogP contribution in [0.25, 0.3) is 10.9 Å². The minimum atomic E-state index is -0.223. The summed E-state index contributed by atoms with van der Waals surface area (Å²) in [4.78, 5) is 19.6. The zero-order valence-electron chi connectivity index (χ0n) is 15.6. The largest absolute Gasteiger partial charge is 0.456 e. The van der Waals surface area contributed by atoms with Crippen LogP contribution >= 0.6 is 0 Å². The number of ether oxygens (including phenoxy) is 1. The first-order valence-corrected chi connectivity index (χ1v) is 10.2. The second-order valence-corrected chi connectivity index (χ2v) is 8.30. The third-order valence-corrected chi connectivity index (χ3v) is 6.65. The maximum atomic E-state index is 12.6. The summed E-state index contributed by atoms with van der Waals surface area (Å²) in [5.41, 5.74) is 2.06. The summed E-state index contributed by atoms with van der Waals surface area (Å²) in [5.74, 6) is 1.29. The van der Waals surface area contributed by atoms with E-state index in [2.05, 4.69) is 28.6 Å². The monoisotopic (exact) mass is 362 g/mol. The van der Waals surface area contributed by atoms with Crippen molar-refractivity contribution in [1.29, 1.82) is 0 Å². The van der Waals surface area contributed by atoms with Gasteiger partial charge in [0.15, 0.2) is 0 Å². The number of aromatic nitrogens is 1. The van der Waals surface area contributed by atoms with Crippen molar-refractivity contribution in [3.8, 4) is 0 Å². The molecule has 2 aromatic rings. The topological polar surface area (TPSA) is 42.4 Å². The molecule has 2 bridgehead atoms. The molecular formula is C23H26N2O2. The molecule has 4 heterocycles. The maximum absolute atomic E-state index is 12.6. The first kappa shape index (κ1) is 16.9. The van der Waals surface area contributed by atoms with E-state index in [-0.39, 0.29) is 24.0 Å². The lowest BCUT2D eigenvalue weighted by molar-refractivity contribution is -0.158. The van der Waals surface area contributed by atoms with Gasteiger partial charge in [-0.3, -0.25) is 14.7 Å². The molecule has 1 saturated carbocycles. The molecule has 4 fully saturated rings. The van der Waals surface area contributed by atoms with Crippen LogP contribution in [0.3, 0.4) is 0 Å². The van der Waals surface area contributed by atoms with Gasteiger partial charge in [0.1, 0.15) is 6.10 Å². The van der Waals surface area contributed by atoms with E-state index in [0.717, 1.165) is 48.8 Å². The number of carbonyl (C=O) groups is 1. The number of piperidine rings is 3. The van der Waals surface area contributed by atoms with E-state index in [0.29, 0.717) is 11.8 Å². The number of hydrogen-bond donors (Lipinski definition) is 0. The quantitative estimate of drug-likeness (QED) is 0.593. The van der Waals surface area contributed by atoms with Gasteiger partial charge in [0.05, 0.1) is 17.5 Å². The van der Waals surface area contributed by atoms with Crippen LogP contribution in [0.5, 0.6) is 0 Å². The van der Waals surface area contributed by atoms with Crippen molar-refractivity contribution in [2.24, 2.45) is 17.8 Å². The van der Waals surface area contributed by atoms with E-state index in [1.807, 2.05) is 30.5 Å². The standard InChI is InChI=1S/C23H26N2O2/c1-2-15-14-25-12-10-17(15)13-21(25)22(27-23(26)16-7-8-16)19-9-11-24-20-6-4-3-5-18(19)20/h2-6,9,11,15-17,21-22H,1,7-8,10,12-14H2/t15?,17?,21?,22-/m0/s1. The summed E-state index contributed by atoms with van der Waals surface area (Å²) >= 11 is 0. The second kappa shape index (κ2) is 6.75. The summed E-state index contributed by atoms with van der Waals surface area (Å²) in [6.07, 6.45) is 7.96. The SMILES string of the molecule is C=CC1CN2CCC1CC2[C@@H](OC(=O)C1CC1)c1ccnc2ccccc12. The van der Waals surface area contributed by atoms with Crippen LogP contribution < -0.4 is 0 Å². The fourth-order valence-corrected chi connectivity index (χ4v) is 4.95. The normalized spacial score (nSPS) is 30.8. The molecule has 4 heteroatoms. The van der Waals surface area contributed by atoms with Gasteiger partial charge in [-0.15, -0.1) is 6.58 Å². The minimum absolute atomic E-state index is 0.0242. The third-order valence-electron chi connectivity index (χ3n) is 6.65. The maximum Gasteiger partial charge on any atom is 0.309 e. The van der Waals surface area contributed by atoms with Crippen LogP contribution in [0.4, 0.5) is 0 Å². The Bertz CT molecular complexity index is 870. The molecule has 27 heavy (non-hydrogen) atoms. The van der Waals surface area contributed by atoms with Crippen molar-refractivity contribution in [1.82, 2.24) is 9.88 Å². The molecular weight excluding hydrogens is 336 g/mol. The van der Waals surface area contributed by atoms with Gasteiger partial charge in [0.25, 0.3) is 0 Å². The molecule has 1 aliphatic carbocycles. The molecule has 3 saturated heterocycles. The molecule has 0 N–H and O–H groups in total. The van der Waals surface area contributed by atoms with Crippen molar-refractivity contribution < 1.29 is 9.53 Å². The van der Waals surface area contributed by atoms with E-state index < -0.39 is 0 Å². The lowest BCUT2D eigenvalue weighted by atomic mass is 9.73. The summed E-state index contributed by atoms with van der Waals surface area (Å²) in [6, 6.07) is 10.5. The van der Waals surface area contributed by atoms with Crippen molar-refractivity contribution >= 4 is 16.9 Å². The predicted octanol–water partition coefficient (Wildman–Crippen LogP) is 4.13. The van der Waals surface area contributed by atoms with Gasteiger partial charge < -0.3 is 4.74 Å². The van der Waals surface area contributed by atoms with Crippen LogP contribution in [0.1, 0.15) is 37.4 Å². The number of nitrogens with zero attached hydrogens (tertiary/aromatic N) is 2. The fourth-order valence-electron chi connectivity index (χ4n) is 4.95. The van der Waals surface area contributed by atoms with Crippen molar-refractivity contribution in [3.05, 3.63) is 54.7 Å². The van der Waals surface area contributed by atoms with Gasteiger partial charge in [-0.1, -0.05) is 24.3 Å². The highest BCUT2D eigenvalue weighted by molar-refractivity contribution is 5.83. The summed E-state index contributed by atoms with van der Waals surface area (Å²) in [7, 11) is 0. The number of benzene rings is 1. The Morgan fingerprint density at radius 1 is 1.26 bits per heavy atom. The number of esters is 1. The Hall–Kier alpha value is -2.20. The Kier molecular flexibility index (Phi) is 4.24. The zero-order chi connectivity index (χ0) is 18.4. The highest BCUT2D eigenvalue weighted by Gasteiger charge is 2.45. The van der Waals surface area contributed by atoms with Crippen LogP contribution in [-0.2, 0) is 9.53 Å². The summed E-state index contributed by atoms with van der Waals surface area (Å²) in [6.45, 7) is 6.14. The lowest BCUT2D eigenvalue weighted by Crippen LogP contribution is -2.55. The van der Waals surface area contributed by atoms with Crippen LogP contribution in [-0.4, -0.2) is 35.0 Å². The van der Waals surface area contributed by atoms with Gasteiger partial charge in [-0.25, -0.2) is 0 Å². The number of fused-ring (bicyclic) bond motifs is 4. The van der Waals surface area contributed by atoms with Crippen LogP contribution in [0.2, 0.25) is 0 Å². The Morgan fingerprint density at radius 2 is 2.11 bits per heavy atom. The molecule has 4 unspecified atom stereocenters. The number of para-hydroxylation sites is 1. The average molecular weight is 362 g/mol. The Labute approximate surface area is 160 Å². The number of hydrogen-bond acceptors (Lipinski definition) is 4. The van der Waals surface area contributed by atoms with Crippen molar-refractivity contribution in [2.75, 3.05) is 13.1 Å². The molecule has 4 aliphatic rings. The van der Waals surface area contributed by atoms with E-state index in [4.69, 9.17) is 4.74 Å². The number of rotatable bonds is 5. The first-order chi connectivity index (χ1) is 13.2. The zero-order valence-corrected chi connectivity index (χ0v) is 15.6. The van der Waals surface area contributed by atoms with Gasteiger partial charge in [-0.2, -0.15) is 0 Å². The van der Waals surface area contributed by atoms with E-state index >= 15 is 0 Å².